The molecule has 7 nitrogen and oxygen atoms in total. The third kappa shape index (κ3) is 3.25. The van der Waals surface area contributed by atoms with Gasteiger partial charge >= 0.3 is 6.03 Å². The van der Waals surface area contributed by atoms with Gasteiger partial charge in [-0.05, 0) is 43.3 Å². The van der Waals surface area contributed by atoms with E-state index in [1.807, 2.05) is 67.4 Å². The summed E-state index contributed by atoms with van der Waals surface area (Å²) in [6, 6.07) is 15.1. The number of hydrogen-bond acceptors (Lipinski definition) is 4. The number of carbonyl (C=O) groups is 2. The van der Waals surface area contributed by atoms with Crippen molar-refractivity contribution in [1.82, 2.24) is 19.7 Å². The lowest BCUT2D eigenvalue weighted by atomic mass is 9.81. The minimum absolute atomic E-state index is 0.171. The summed E-state index contributed by atoms with van der Waals surface area (Å²) >= 11 is 0. The third-order valence-electron chi connectivity index (χ3n) is 7.06. The van der Waals surface area contributed by atoms with Gasteiger partial charge in [-0.15, -0.1) is 6.42 Å². The molecule has 0 bridgehead atoms. The Morgan fingerprint density at radius 1 is 1.24 bits per heavy atom. The molecule has 2 aliphatic heterocycles. The molecular weight excluding hydrogens is 428 g/mol. The molecule has 0 saturated carbocycles. The maximum absolute atomic E-state index is 13.8. The largest absolute Gasteiger partial charge is 0.497 e. The standard InChI is InChI=1S/C27H28N4O3/c1-5-13-29(3)14-15-30-25(32)27(2)17-21-20-16-19(34-4)11-12-22(20)28-23(21)24(31(27)26(30)33)18-9-7-6-8-10-18/h1,6-12,16,24,28H,13-15,17H2,2-4H3/t24?,27-/m0/s1. The van der Waals surface area contributed by atoms with Crippen molar-refractivity contribution in [2.75, 3.05) is 33.8 Å². The van der Waals surface area contributed by atoms with Gasteiger partial charge < -0.3 is 9.72 Å². The predicted octanol–water partition coefficient (Wildman–Crippen LogP) is 3.41. The fourth-order valence-electron chi connectivity index (χ4n) is 5.30. The van der Waals surface area contributed by atoms with E-state index in [2.05, 4.69) is 10.9 Å². The van der Waals surface area contributed by atoms with Crippen LogP contribution in [0.2, 0.25) is 0 Å². The molecule has 1 unspecified atom stereocenters. The average molecular weight is 457 g/mol. The number of hydrogen-bond donors (Lipinski definition) is 1. The summed E-state index contributed by atoms with van der Waals surface area (Å²) in [6.45, 7) is 3.16. The highest BCUT2D eigenvalue weighted by atomic mass is 16.5. The van der Waals surface area contributed by atoms with E-state index in [0.29, 0.717) is 26.1 Å². The lowest BCUT2D eigenvalue weighted by molar-refractivity contribution is -0.133. The number of aromatic amines is 1. The van der Waals surface area contributed by atoms with E-state index < -0.39 is 11.6 Å². The van der Waals surface area contributed by atoms with Crippen LogP contribution in [-0.4, -0.2) is 71.0 Å². The Bertz CT molecular complexity index is 1310. The van der Waals surface area contributed by atoms with Gasteiger partial charge in [-0.3, -0.25) is 19.5 Å². The molecule has 7 heteroatoms. The Balaban J connectivity index is 1.63. The van der Waals surface area contributed by atoms with E-state index in [1.165, 1.54) is 4.90 Å². The Morgan fingerprint density at radius 3 is 2.71 bits per heavy atom. The first kappa shape index (κ1) is 22.1. The molecule has 1 N–H and O–H groups in total. The van der Waals surface area contributed by atoms with Crippen LogP contribution in [0, 0.1) is 12.3 Å². The fourth-order valence-corrected chi connectivity index (χ4v) is 5.30. The molecule has 0 aliphatic carbocycles. The topological polar surface area (TPSA) is 68.9 Å². The van der Waals surface area contributed by atoms with Gasteiger partial charge in [0.15, 0.2) is 0 Å². The lowest BCUT2D eigenvalue weighted by Gasteiger charge is -2.42. The first-order valence-electron chi connectivity index (χ1n) is 11.4. The van der Waals surface area contributed by atoms with Gasteiger partial charge in [0.25, 0.3) is 5.91 Å². The second-order valence-electron chi connectivity index (χ2n) is 9.24. The number of imide groups is 1. The smallest absolute Gasteiger partial charge is 0.328 e. The molecule has 1 aromatic heterocycles. The van der Waals surface area contributed by atoms with Gasteiger partial charge in [0.2, 0.25) is 0 Å². The van der Waals surface area contributed by atoms with E-state index in [0.717, 1.165) is 33.5 Å². The second-order valence-corrected chi connectivity index (χ2v) is 9.24. The summed E-state index contributed by atoms with van der Waals surface area (Å²) in [6.07, 6.45) is 5.84. The van der Waals surface area contributed by atoms with Crippen molar-refractivity contribution in [3.05, 3.63) is 65.4 Å². The number of H-pyrrole nitrogens is 1. The molecule has 3 aromatic rings. The highest BCUT2D eigenvalue weighted by Crippen LogP contribution is 2.48. The van der Waals surface area contributed by atoms with E-state index in [9.17, 15) is 9.59 Å². The third-order valence-corrected chi connectivity index (χ3v) is 7.06. The maximum atomic E-state index is 13.8. The van der Waals surface area contributed by atoms with Crippen molar-refractivity contribution in [3.63, 3.8) is 0 Å². The number of fused-ring (bicyclic) bond motifs is 4. The summed E-state index contributed by atoms with van der Waals surface area (Å²) in [4.78, 5) is 36.2. The normalized spacial score (nSPS) is 21.7. The number of terminal acetylenes is 1. The van der Waals surface area contributed by atoms with Gasteiger partial charge in [-0.25, -0.2) is 4.79 Å². The van der Waals surface area contributed by atoms with Crippen LogP contribution in [0.5, 0.6) is 5.75 Å². The molecule has 174 valence electrons. The SMILES string of the molecule is C#CCN(C)CCN1C(=O)N2C(c3ccccc3)c3[nH]c4ccc(OC)cc4c3C[C@@]2(C)C1=O. The van der Waals surface area contributed by atoms with Gasteiger partial charge in [0, 0.05) is 36.1 Å². The number of likely N-dealkylation sites (N-methyl/N-ethyl adjacent to an activating group) is 1. The molecule has 2 aliphatic rings. The summed E-state index contributed by atoms with van der Waals surface area (Å²) < 4.78 is 5.46. The van der Waals surface area contributed by atoms with Crippen LogP contribution in [-0.2, 0) is 11.2 Å². The molecule has 0 radical (unpaired) electrons. The lowest BCUT2D eigenvalue weighted by Crippen LogP contribution is -2.53. The highest BCUT2D eigenvalue weighted by Gasteiger charge is 2.60. The average Bonchev–Trinajstić information content (AvgIpc) is 3.28. The summed E-state index contributed by atoms with van der Waals surface area (Å²) in [5.74, 6) is 3.18. The van der Waals surface area contributed by atoms with Crippen LogP contribution in [0.3, 0.4) is 0 Å². The number of rotatable bonds is 6. The monoisotopic (exact) mass is 456 g/mol. The number of nitrogens with zero attached hydrogens (tertiary/aromatic N) is 3. The summed E-state index contributed by atoms with van der Waals surface area (Å²) in [7, 11) is 3.53. The first-order valence-corrected chi connectivity index (χ1v) is 11.4. The van der Waals surface area contributed by atoms with E-state index in [1.54, 1.807) is 12.0 Å². The molecule has 1 saturated heterocycles. The molecule has 3 heterocycles. The van der Waals surface area contributed by atoms with Crippen LogP contribution in [0.15, 0.2) is 48.5 Å². The molecule has 5 rings (SSSR count). The van der Waals surface area contributed by atoms with Crippen LogP contribution < -0.4 is 4.74 Å². The molecule has 3 amide bonds. The fraction of sp³-hybridized carbons (Fsp3) is 0.333. The number of aromatic nitrogens is 1. The van der Waals surface area contributed by atoms with Crippen molar-refractivity contribution in [2.24, 2.45) is 0 Å². The van der Waals surface area contributed by atoms with Crippen LogP contribution in [0.25, 0.3) is 10.9 Å². The molecule has 1 fully saturated rings. The van der Waals surface area contributed by atoms with E-state index >= 15 is 0 Å². The highest BCUT2D eigenvalue weighted by molar-refractivity contribution is 6.08. The van der Waals surface area contributed by atoms with Gasteiger partial charge in [0.05, 0.1) is 13.7 Å². The molecule has 2 aromatic carbocycles. The van der Waals surface area contributed by atoms with Crippen LogP contribution >= 0.6 is 0 Å². The van der Waals surface area contributed by atoms with E-state index in [-0.39, 0.29) is 11.9 Å². The number of carbonyl (C=O) groups excluding carboxylic acids is 2. The van der Waals surface area contributed by atoms with Crippen molar-refractivity contribution < 1.29 is 14.3 Å². The van der Waals surface area contributed by atoms with Crippen molar-refractivity contribution in [1.29, 1.82) is 0 Å². The second kappa shape index (κ2) is 8.23. The number of benzene rings is 2. The zero-order chi connectivity index (χ0) is 24.0. The zero-order valence-corrected chi connectivity index (χ0v) is 19.7. The molecule has 0 spiro atoms. The minimum Gasteiger partial charge on any atom is -0.497 e. The van der Waals surface area contributed by atoms with E-state index in [4.69, 9.17) is 11.2 Å². The predicted molar refractivity (Wildman–Crippen MR) is 131 cm³/mol. The van der Waals surface area contributed by atoms with Crippen molar-refractivity contribution in [3.8, 4) is 18.1 Å². The van der Waals surface area contributed by atoms with Gasteiger partial charge in [-0.2, -0.15) is 0 Å². The molecular formula is C27H28N4O3. The van der Waals surface area contributed by atoms with Crippen LogP contribution in [0.4, 0.5) is 4.79 Å². The van der Waals surface area contributed by atoms with Gasteiger partial charge in [0.1, 0.15) is 17.3 Å². The number of ether oxygens (including phenoxy) is 1. The van der Waals surface area contributed by atoms with Crippen LogP contribution in [0.1, 0.15) is 29.8 Å². The Hall–Kier alpha value is -3.76. The number of methoxy groups -OCH3 is 1. The number of nitrogens with one attached hydrogen (secondary N) is 1. The molecule has 2 atom stereocenters. The summed E-state index contributed by atoms with van der Waals surface area (Å²) in [5, 5.41) is 1.02. The Kier molecular flexibility index (Phi) is 5.34. The summed E-state index contributed by atoms with van der Waals surface area (Å²) in [5.41, 5.74) is 2.92. The Morgan fingerprint density at radius 2 is 2.00 bits per heavy atom. The maximum Gasteiger partial charge on any atom is 0.328 e. The zero-order valence-electron chi connectivity index (χ0n) is 19.7. The Labute approximate surface area is 199 Å². The molecule has 34 heavy (non-hydrogen) atoms. The quantitative estimate of drug-likeness (QED) is 0.456. The number of urea groups is 1. The minimum atomic E-state index is -0.993. The van der Waals surface area contributed by atoms with Gasteiger partial charge in [-0.1, -0.05) is 36.3 Å². The van der Waals surface area contributed by atoms with Crippen molar-refractivity contribution in [2.45, 2.75) is 24.9 Å². The first-order chi connectivity index (χ1) is 16.4. The van der Waals surface area contributed by atoms with Crippen molar-refractivity contribution >= 4 is 22.8 Å². The number of amides is 3.